The van der Waals surface area contributed by atoms with Gasteiger partial charge in [0.1, 0.15) is 5.78 Å². The van der Waals surface area contributed by atoms with E-state index in [2.05, 4.69) is 0 Å². The maximum Gasteiger partial charge on any atom is 0.219 e. The lowest BCUT2D eigenvalue weighted by atomic mass is 9.90. The van der Waals surface area contributed by atoms with Crippen molar-refractivity contribution in [3.63, 3.8) is 0 Å². The molecule has 0 aromatic carbocycles. The summed E-state index contributed by atoms with van der Waals surface area (Å²) in [6, 6.07) is 0. The third kappa shape index (κ3) is 2.82. The Bertz CT molecular complexity index is 217. The summed E-state index contributed by atoms with van der Waals surface area (Å²) < 4.78 is 0. The van der Waals surface area contributed by atoms with E-state index in [1.54, 1.807) is 6.92 Å². The van der Waals surface area contributed by atoms with E-state index < -0.39 is 0 Å². The number of hydrogen-bond acceptors (Lipinski definition) is 2. The van der Waals surface area contributed by atoms with Crippen molar-refractivity contribution in [2.45, 2.75) is 39.5 Å². The highest BCUT2D eigenvalue weighted by Gasteiger charge is 2.24. The second-order valence-corrected chi connectivity index (χ2v) is 4.00. The summed E-state index contributed by atoms with van der Waals surface area (Å²) in [6.07, 6.45) is 3.35. The van der Waals surface area contributed by atoms with Crippen molar-refractivity contribution in [3.8, 4) is 0 Å². The van der Waals surface area contributed by atoms with E-state index in [1.807, 2.05) is 11.8 Å². The fraction of sp³-hybridized carbons (Fsp3) is 0.818. The minimum atomic E-state index is 0.131. The molecule has 0 unspecified atom stereocenters. The Kier molecular flexibility index (Phi) is 4.11. The first-order chi connectivity index (χ1) is 6.65. The molecule has 1 rings (SSSR count). The van der Waals surface area contributed by atoms with Gasteiger partial charge in [-0.1, -0.05) is 6.92 Å². The number of carbonyl (C=O) groups excluding carboxylic acids is 2. The van der Waals surface area contributed by atoms with Crippen LogP contribution in [0.5, 0.6) is 0 Å². The van der Waals surface area contributed by atoms with E-state index in [0.29, 0.717) is 12.2 Å². The number of Topliss-reactive ketones (excluding diaryl/α,β-unsaturated/α-hetero) is 1. The smallest absolute Gasteiger partial charge is 0.219 e. The maximum absolute atomic E-state index is 11.6. The average Bonchev–Trinajstić information content (AvgIpc) is 2.18. The molecule has 1 saturated heterocycles. The molecule has 1 fully saturated rings. The first-order valence-corrected chi connectivity index (χ1v) is 5.43. The number of rotatable bonds is 3. The topological polar surface area (TPSA) is 37.4 Å². The lowest BCUT2D eigenvalue weighted by molar-refractivity contribution is -0.133. The van der Waals surface area contributed by atoms with E-state index >= 15 is 0 Å². The number of nitrogens with zero attached hydrogens (tertiary/aromatic N) is 1. The van der Waals surface area contributed by atoms with Gasteiger partial charge in [0, 0.05) is 32.4 Å². The molecular formula is C11H19NO2. The number of piperidine rings is 1. The molecule has 1 amide bonds. The van der Waals surface area contributed by atoms with Crippen molar-refractivity contribution in [3.05, 3.63) is 0 Å². The molecule has 3 heteroatoms. The first kappa shape index (κ1) is 11.2. The van der Waals surface area contributed by atoms with Gasteiger partial charge in [-0.25, -0.2) is 0 Å². The highest BCUT2D eigenvalue weighted by Crippen LogP contribution is 2.19. The van der Waals surface area contributed by atoms with Crippen LogP contribution < -0.4 is 0 Å². The van der Waals surface area contributed by atoms with E-state index in [-0.39, 0.29) is 11.8 Å². The molecule has 0 aromatic rings. The molecule has 80 valence electrons. The standard InChI is InChI=1S/C11H19NO2/c1-3-4-11(14)10-5-7-12(8-6-10)9(2)13/h10H,3-8H2,1-2H3. The van der Waals surface area contributed by atoms with Crippen LogP contribution in [0.25, 0.3) is 0 Å². The number of amides is 1. The molecule has 3 nitrogen and oxygen atoms in total. The van der Waals surface area contributed by atoms with Crippen molar-refractivity contribution in [1.29, 1.82) is 0 Å². The molecule has 0 saturated carbocycles. The SMILES string of the molecule is CCCC(=O)C1CCN(C(C)=O)CC1. The van der Waals surface area contributed by atoms with Gasteiger partial charge >= 0.3 is 0 Å². The third-order valence-electron chi connectivity index (χ3n) is 2.89. The van der Waals surface area contributed by atoms with E-state index in [4.69, 9.17) is 0 Å². The Morgan fingerprint density at radius 1 is 1.29 bits per heavy atom. The molecule has 0 N–H and O–H groups in total. The molecule has 1 aliphatic rings. The van der Waals surface area contributed by atoms with Crippen LogP contribution in [0.4, 0.5) is 0 Å². The molecule has 0 aliphatic carbocycles. The van der Waals surface area contributed by atoms with Gasteiger partial charge in [-0.3, -0.25) is 9.59 Å². The van der Waals surface area contributed by atoms with Gasteiger partial charge in [0.25, 0.3) is 0 Å². The summed E-state index contributed by atoms with van der Waals surface area (Å²) >= 11 is 0. The summed E-state index contributed by atoms with van der Waals surface area (Å²) in [7, 11) is 0. The Labute approximate surface area is 85.5 Å². The van der Waals surface area contributed by atoms with Crippen LogP contribution in [0.15, 0.2) is 0 Å². The van der Waals surface area contributed by atoms with Crippen LogP contribution in [0, 0.1) is 5.92 Å². The van der Waals surface area contributed by atoms with Crippen LogP contribution in [0.2, 0.25) is 0 Å². The predicted molar refractivity (Wildman–Crippen MR) is 54.9 cm³/mol. The molecule has 1 heterocycles. The summed E-state index contributed by atoms with van der Waals surface area (Å²) in [5.41, 5.74) is 0. The zero-order valence-electron chi connectivity index (χ0n) is 9.08. The normalized spacial score (nSPS) is 18.3. The quantitative estimate of drug-likeness (QED) is 0.689. The minimum Gasteiger partial charge on any atom is -0.343 e. The molecule has 0 radical (unpaired) electrons. The van der Waals surface area contributed by atoms with Gasteiger partial charge in [0.2, 0.25) is 5.91 Å². The average molecular weight is 197 g/mol. The lowest BCUT2D eigenvalue weighted by Crippen LogP contribution is -2.38. The molecule has 1 aliphatic heterocycles. The van der Waals surface area contributed by atoms with Gasteiger partial charge in [-0.05, 0) is 19.3 Å². The summed E-state index contributed by atoms with van der Waals surface area (Å²) in [6.45, 7) is 5.14. The fourth-order valence-corrected chi connectivity index (χ4v) is 1.97. The zero-order chi connectivity index (χ0) is 10.6. The Hall–Kier alpha value is -0.860. The van der Waals surface area contributed by atoms with Crippen LogP contribution in [0.1, 0.15) is 39.5 Å². The van der Waals surface area contributed by atoms with Crippen LogP contribution >= 0.6 is 0 Å². The highest BCUT2D eigenvalue weighted by atomic mass is 16.2. The van der Waals surface area contributed by atoms with Crippen LogP contribution in [-0.2, 0) is 9.59 Å². The van der Waals surface area contributed by atoms with Gasteiger partial charge < -0.3 is 4.90 Å². The Morgan fingerprint density at radius 2 is 1.86 bits per heavy atom. The second kappa shape index (κ2) is 5.13. The highest BCUT2D eigenvalue weighted by molar-refractivity contribution is 5.81. The van der Waals surface area contributed by atoms with E-state index in [1.165, 1.54) is 0 Å². The number of hydrogen-bond donors (Lipinski definition) is 0. The second-order valence-electron chi connectivity index (χ2n) is 4.00. The number of likely N-dealkylation sites (tertiary alicyclic amines) is 1. The molecule has 0 atom stereocenters. The van der Waals surface area contributed by atoms with Gasteiger partial charge in [0.15, 0.2) is 0 Å². The molecule has 0 aromatic heterocycles. The van der Waals surface area contributed by atoms with E-state index in [9.17, 15) is 9.59 Å². The van der Waals surface area contributed by atoms with Crippen LogP contribution in [0.3, 0.4) is 0 Å². The molecule has 0 spiro atoms. The van der Waals surface area contributed by atoms with Crippen molar-refractivity contribution in [1.82, 2.24) is 4.90 Å². The zero-order valence-corrected chi connectivity index (χ0v) is 9.08. The summed E-state index contributed by atoms with van der Waals surface area (Å²) in [4.78, 5) is 24.4. The van der Waals surface area contributed by atoms with Crippen molar-refractivity contribution in [2.24, 2.45) is 5.92 Å². The van der Waals surface area contributed by atoms with Crippen LogP contribution in [-0.4, -0.2) is 29.7 Å². The first-order valence-electron chi connectivity index (χ1n) is 5.43. The number of ketones is 1. The number of carbonyl (C=O) groups is 2. The third-order valence-corrected chi connectivity index (χ3v) is 2.89. The maximum atomic E-state index is 11.6. The molecule has 14 heavy (non-hydrogen) atoms. The minimum absolute atomic E-state index is 0.131. The largest absolute Gasteiger partial charge is 0.343 e. The van der Waals surface area contributed by atoms with Crippen molar-refractivity contribution in [2.75, 3.05) is 13.1 Å². The lowest BCUT2D eigenvalue weighted by Gasteiger charge is -2.30. The molecule has 0 bridgehead atoms. The predicted octanol–water partition coefficient (Wildman–Crippen LogP) is 1.61. The fourth-order valence-electron chi connectivity index (χ4n) is 1.97. The summed E-state index contributed by atoms with van der Waals surface area (Å²) in [5.74, 6) is 0.729. The molecular weight excluding hydrogens is 178 g/mol. The van der Waals surface area contributed by atoms with Crippen molar-refractivity contribution < 1.29 is 9.59 Å². The Morgan fingerprint density at radius 3 is 2.29 bits per heavy atom. The van der Waals surface area contributed by atoms with Gasteiger partial charge in [0.05, 0.1) is 0 Å². The van der Waals surface area contributed by atoms with Gasteiger partial charge in [-0.15, -0.1) is 0 Å². The summed E-state index contributed by atoms with van der Waals surface area (Å²) in [5, 5.41) is 0. The van der Waals surface area contributed by atoms with Gasteiger partial charge in [-0.2, -0.15) is 0 Å². The van der Waals surface area contributed by atoms with E-state index in [0.717, 1.165) is 32.4 Å². The Balaban J connectivity index is 2.35. The monoisotopic (exact) mass is 197 g/mol. The van der Waals surface area contributed by atoms with Crippen molar-refractivity contribution >= 4 is 11.7 Å².